The molecule has 0 spiro atoms. The predicted octanol–water partition coefficient (Wildman–Crippen LogP) is 5.19. The molecule has 0 bridgehead atoms. The molecule has 5 nitrogen and oxygen atoms in total. The molecule has 0 unspecified atom stereocenters. The van der Waals surface area contributed by atoms with Gasteiger partial charge < -0.3 is 14.5 Å². The van der Waals surface area contributed by atoms with Crippen LogP contribution in [0.2, 0.25) is 0 Å². The maximum atomic E-state index is 11.8. The standard InChI is InChI=1S/C13H25NO2.C10H19NO/c1-10(2)11-6-8-14(9-7-11)12(15)16-13(3,4)5;1-8(2)10-4-6-11(7-5-10)9(3)12/h10-11H,6-9H2,1-5H3;8,10H,4-7H2,1-3H3. The summed E-state index contributed by atoms with van der Waals surface area (Å²) < 4.78 is 5.36. The topological polar surface area (TPSA) is 49.9 Å². The second-order valence-electron chi connectivity index (χ2n) is 10.1. The molecule has 2 amide bonds. The van der Waals surface area contributed by atoms with Crippen molar-refractivity contribution in [2.45, 2.75) is 86.7 Å². The summed E-state index contributed by atoms with van der Waals surface area (Å²) in [6, 6.07) is 0. The molecule has 2 rings (SSSR count). The minimum absolute atomic E-state index is 0.158. The van der Waals surface area contributed by atoms with Crippen molar-refractivity contribution in [2.75, 3.05) is 26.2 Å². The summed E-state index contributed by atoms with van der Waals surface area (Å²) in [5.41, 5.74) is -0.383. The van der Waals surface area contributed by atoms with Gasteiger partial charge in [-0.15, -0.1) is 0 Å². The molecule has 28 heavy (non-hydrogen) atoms. The first-order valence-electron chi connectivity index (χ1n) is 11.1. The molecular weight excluding hydrogens is 352 g/mol. The fourth-order valence-electron chi connectivity index (χ4n) is 3.96. The van der Waals surface area contributed by atoms with Crippen LogP contribution in [0.3, 0.4) is 0 Å². The van der Waals surface area contributed by atoms with Crippen LogP contribution in [0.5, 0.6) is 0 Å². The van der Waals surface area contributed by atoms with E-state index in [2.05, 4.69) is 27.7 Å². The van der Waals surface area contributed by atoms with Gasteiger partial charge in [-0.2, -0.15) is 0 Å². The van der Waals surface area contributed by atoms with Crippen molar-refractivity contribution in [1.82, 2.24) is 9.80 Å². The van der Waals surface area contributed by atoms with Crippen molar-refractivity contribution in [3.8, 4) is 0 Å². The number of nitrogens with zero attached hydrogens (tertiary/aromatic N) is 2. The Labute approximate surface area is 173 Å². The lowest BCUT2D eigenvalue weighted by atomic mass is 9.87. The van der Waals surface area contributed by atoms with Crippen LogP contribution >= 0.6 is 0 Å². The number of rotatable bonds is 2. The number of hydrogen-bond acceptors (Lipinski definition) is 3. The molecule has 0 atom stereocenters. The molecule has 2 fully saturated rings. The van der Waals surface area contributed by atoms with E-state index in [0.29, 0.717) is 0 Å². The number of amides is 2. The largest absolute Gasteiger partial charge is 0.444 e. The summed E-state index contributed by atoms with van der Waals surface area (Å²) in [5, 5.41) is 0. The van der Waals surface area contributed by atoms with Gasteiger partial charge in [0.25, 0.3) is 0 Å². The van der Waals surface area contributed by atoms with E-state index in [1.165, 1.54) is 12.8 Å². The summed E-state index contributed by atoms with van der Waals surface area (Å²) in [7, 11) is 0. The molecule has 0 aromatic heterocycles. The lowest BCUT2D eigenvalue weighted by Crippen LogP contribution is -2.42. The third kappa shape index (κ3) is 8.83. The van der Waals surface area contributed by atoms with Crippen LogP contribution in [0.15, 0.2) is 0 Å². The van der Waals surface area contributed by atoms with Gasteiger partial charge in [-0.05, 0) is 70.1 Å². The van der Waals surface area contributed by atoms with E-state index < -0.39 is 0 Å². The van der Waals surface area contributed by atoms with Crippen molar-refractivity contribution < 1.29 is 14.3 Å². The summed E-state index contributed by atoms with van der Waals surface area (Å²) in [6.45, 7) is 20.1. The van der Waals surface area contributed by atoms with Crippen molar-refractivity contribution in [3.63, 3.8) is 0 Å². The highest BCUT2D eigenvalue weighted by molar-refractivity contribution is 5.73. The molecular formula is C23H44N2O3. The van der Waals surface area contributed by atoms with Gasteiger partial charge in [0.2, 0.25) is 5.91 Å². The number of hydrogen-bond donors (Lipinski definition) is 0. The van der Waals surface area contributed by atoms with Gasteiger partial charge in [0.15, 0.2) is 0 Å². The zero-order valence-electron chi connectivity index (χ0n) is 19.6. The first kappa shape index (κ1) is 24.8. The molecule has 164 valence electrons. The fourth-order valence-corrected chi connectivity index (χ4v) is 3.96. The van der Waals surface area contributed by atoms with Gasteiger partial charge in [0.05, 0.1) is 0 Å². The van der Waals surface area contributed by atoms with E-state index in [9.17, 15) is 9.59 Å². The summed E-state index contributed by atoms with van der Waals surface area (Å²) in [4.78, 5) is 26.6. The average molecular weight is 397 g/mol. The number of piperidine rings is 2. The molecule has 0 N–H and O–H groups in total. The Bertz CT molecular complexity index is 481. The van der Waals surface area contributed by atoms with Gasteiger partial charge >= 0.3 is 6.09 Å². The zero-order chi connectivity index (χ0) is 21.5. The van der Waals surface area contributed by atoms with E-state index in [4.69, 9.17) is 4.74 Å². The monoisotopic (exact) mass is 396 g/mol. The van der Waals surface area contributed by atoms with Gasteiger partial charge in [-0.3, -0.25) is 4.79 Å². The third-order valence-electron chi connectivity index (χ3n) is 6.06. The van der Waals surface area contributed by atoms with Gasteiger partial charge in [0.1, 0.15) is 5.60 Å². The molecule has 0 aliphatic carbocycles. The van der Waals surface area contributed by atoms with E-state index in [1.54, 1.807) is 6.92 Å². The van der Waals surface area contributed by atoms with Crippen LogP contribution in [0.1, 0.15) is 81.1 Å². The van der Waals surface area contributed by atoms with Gasteiger partial charge in [-0.1, -0.05) is 27.7 Å². The molecule has 5 heteroatoms. The molecule has 0 radical (unpaired) electrons. The fraction of sp³-hybridized carbons (Fsp3) is 0.913. The van der Waals surface area contributed by atoms with Crippen molar-refractivity contribution in [3.05, 3.63) is 0 Å². The normalized spacial score (nSPS) is 19.5. The smallest absolute Gasteiger partial charge is 0.410 e. The highest BCUT2D eigenvalue weighted by Gasteiger charge is 2.27. The summed E-state index contributed by atoms with van der Waals surface area (Å²) in [5.74, 6) is 3.33. The predicted molar refractivity (Wildman–Crippen MR) is 115 cm³/mol. The molecule has 0 aromatic rings. The van der Waals surface area contributed by atoms with Crippen LogP contribution in [-0.4, -0.2) is 53.6 Å². The Balaban J connectivity index is 0.000000292. The molecule has 2 aliphatic heterocycles. The van der Waals surface area contributed by atoms with Crippen LogP contribution in [0.4, 0.5) is 4.79 Å². The number of carbonyl (C=O) groups excluding carboxylic acids is 2. The van der Waals surface area contributed by atoms with Crippen molar-refractivity contribution in [2.24, 2.45) is 23.7 Å². The first-order valence-corrected chi connectivity index (χ1v) is 11.1. The first-order chi connectivity index (χ1) is 12.9. The number of carbonyl (C=O) groups is 2. The molecule has 2 aliphatic rings. The SMILES string of the molecule is CC(=O)N1CCC(C(C)C)CC1.CC(C)C1CCN(C(=O)OC(C)(C)C)CC1. The minimum atomic E-state index is -0.383. The Morgan fingerprint density at radius 3 is 1.43 bits per heavy atom. The van der Waals surface area contributed by atoms with E-state index in [-0.39, 0.29) is 17.6 Å². The van der Waals surface area contributed by atoms with Crippen LogP contribution in [-0.2, 0) is 9.53 Å². The average Bonchev–Trinajstić information content (AvgIpc) is 2.61. The number of likely N-dealkylation sites (tertiary alicyclic amines) is 2. The Kier molecular flexibility index (Phi) is 9.79. The van der Waals surface area contributed by atoms with Crippen LogP contribution in [0, 0.1) is 23.7 Å². The number of ether oxygens (including phenoxy) is 1. The van der Waals surface area contributed by atoms with E-state index in [1.807, 2.05) is 30.6 Å². The van der Waals surface area contributed by atoms with E-state index >= 15 is 0 Å². The van der Waals surface area contributed by atoms with Crippen molar-refractivity contribution in [1.29, 1.82) is 0 Å². The second-order valence-corrected chi connectivity index (χ2v) is 10.1. The third-order valence-corrected chi connectivity index (χ3v) is 6.06. The zero-order valence-corrected chi connectivity index (χ0v) is 19.6. The van der Waals surface area contributed by atoms with Gasteiger partial charge in [-0.25, -0.2) is 4.79 Å². The van der Waals surface area contributed by atoms with E-state index in [0.717, 1.165) is 62.7 Å². The minimum Gasteiger partial charge on any atom is -0.444 e. The quantitative estimate of drug-likeness (QED) is 0.645. The lowest BCUT2D eigenvalue weighted by molar-refractivity contribution is -0.130. The van der Waals surface area contributed by atoms with Crippen molar-refractivity contribution >= 4 is 12.0 Å². The molecule has 0 aromatic carbocycles. The maximum absolute atomic E-state index is 11.8. The summed E-state index contributed by atoms with van der Waals surface area (Å²) >= 11 is 0. The lowest BCUT2D eigenvalue weighted by Gasteiger charge is -2.34. The Hall–Kier alpha value is -1.26. The maximum Gasteiger partial charge on any atom is 0.410 e. The molecule has 2 saturated heterocycles. The summed E-state index contributed by atoms with van der Waals surface area (Å²) in [6.07, 6.45) is 4.44. The second kappa shape index (κ2) is 11.1. The van der Waals surface area contributed by atoms with Crippen LogP contribution < -0.4 is 0 Å². The Morgan fingerprint density at radius 2 is 1.14 bits per heavy atom. The molecule has 0 saturated carbocycles. The highest BCUT2D eigenvalue weighted by atomic mass is 16.6. The molecule has 2 heterocycles. The highest BCUT2D eigenvalue weighted by Crippen LogP contribution is 2.25. The Morgan fingerprint density at radius 1 is 0.786 bits per heavy atom. The van der Waals surface area contributed by atoms with Crippen LogP contribution in [0.25, 0.3) is 0 Å². The van der Waals surface area contributed by atoms with Gasteiger partial charge in [0, 0.05) is 33.1 Å².